The van der Waals surface area contributed by atoms with Crippen LogP contribution in [0.3, 0.4) is 0 Å². The van der Waals surface area contributed by atoms with Gasteiger partial charge in [0.25, 0.3) is 5.91 Å². The molecule has 2 N–H and O–H groups in total. The van der Waals surface area contributed by atoms with E-state index in [1.807, 2.05) is 24.5 Å². The second kappa shape index (κ2) is 10.5. The van der Waals surface area contributed by atoms with Crippen molar-refractivity contribution in [3.8, 4) is 11.4 Å². The van der Waals surface area contributed by atoms with Gasteiger partial charge < -0.3 is 14.4 Å². The first-order valence-corrected chi connectivity index (χ1v) is 10.9. The molecule has 0 aliphatic rings. The van der Waals surface area contributed by atoms with Crippen molar-refractivity contribution in [2.24, 2.45) is 5.10 Å². The highest BCUT2D eigenvalue weighted by Gasteiger charge is 2.14. The number of ether oxygens (including phenoxy) is 1. The maximum absolute atomic E-state index is 12.1. The fourth-order valence-electron chi connectivity index (χ4n) is 3.12. The van der Waals surface area contributed by atoms with E-state index in [1.54, 1.807) is 6.07 Å². The van der Waals surface area contributed by atoms with Crippen molar-refractivity contribution < 1.29 is 19.4 Å². The number of hydrogen-bond acceptors (Lipinski definition) is 4. The summed E-state index contributed by atoms with van der Waals surface area (Å²) in [6.07, 6.45) is 1.48. The molecule has 1 heterocycles. The lowest BCUT2D eigenvalue weighted by Crippen LogP contribution is -2.24. The van der Waals surface area contributed by atoms with Crippen LogP contribution in [0, 0.1) is 13.8 Å². The van der Waals surface area contributed by atoms with Crippen LogP contribution in [0.2, 0.25) is 20.1 Å². The Labute approximate surface area is 209 Å². The summed E-state index contributed by atoms with van der Waals surface area (Å²) in [5, 5.41) is 14.1. The zero-order chi connectivity index (χ0) is 24.3. The number of halogens is 4. The average Bonchev–Trinajstić information content (AvgIpc) is 3.03. The molecule has 11 heteroatoms. The number of carboxylic acid groups (broad SMARTS) is 1. The first-order valence-electron chi connectivity index (χ1n) is 9.40. The van der Waals surface area contributed by atoms with Crippen LogP contribution in [0.4, 0.5) is 0 Å². The Morgan fingerprint density at radius 1 is 1.09 bits per heavy atom. The third kappa shape index (κ3) is 5.81. The van der Waals surface area contributed by atoms with E-state index in [-0.39, 0.29) is 33.0 Å². The Kier molecular flexibility index (Phi) is 7.92. The summed E-state index contributed by atoms with van der Waals surface area (Å²) in [5.74, 6) is -1.45. The van der Waals surface area contributed by atoms with Crippen molar-refractivity contribution >= 4 is 64.5 Å². The molecule has 1 amide bonds. The summed E-state index contributed by atoms with van der Waals surface area (Å²) in [6, 6.07) is 9.52. The predicted octanol–water partition coefficient (Wildman–Crippen LogP) is 5.94. The normalized spacial score (nSPS) is 11.1. The van der Waals surface area contributed by atoms with Gasteiger partial charge in [0.15, 0.2) is 6.61 Å². The molecule has 2 aromatic carbocycles. The number of benzene rings is 2. The van der Waals surface area contributed by atoms with Gasteiger partial charge in [-0.1, -0.05) is 46.4 Å². The number of nitrogens with zero attached hydrogens (tertiary/aromatic N) is 2. The predicted molar refractivity (Wildman–Crippen MR) is 130 cm³/mol. The first-order chi connectivity index (χ1) is 15.6. The van der Waals surface area contributed by atoms with Gasteiger partial charge in [-0.3, -0.25) is 4.79 Å². The molecule has 3 aromatic rings. The van der Waals surface area contributed by atoms with Gasteiger partial charge in [0.05, 0.1) is 21.8 Å². The Balaban J connectivity index is 1.70. The van der Waals surface area contributed by atoms with Gasteiger partial charge in [-0.05, 0) is 44.2 Å². The molecule has 0 fully saturated rings. The highest BCUT2D eigenvalue weighted by Crippen LogP contribution is 2.35. The number of aryl methyl sites for hydroxylation is 1. The number of carboxylic acids is 1. The highest BCUT2D eigenvalue weighted by molar-refractivity contribution is 6.44. The Hall–Kier alpha value is -2.71. The van der Waals surface area contributed by atoms with Gasteiger partial charge in [0, 0.05) is 33.7 Å². The second-order valence-electron chi connectivity index (χ2n) is 6.91. The maximum Gasteiger partial charge on any atom is 0.337 e. The van der Waals surface area contributed by atoms with Gasteiger partial charge in [-0.15, -0.1) is 0 Å². The third-order valence-electron chi connectivity index (χ3n) is 4.62. The number of hydrogen-bond donors (Lipinski definition) is 2. The van der Waals surface area contributed by atoms with Gasteiger partial charge >= 0.3 is 5.97 Å². The summed E-state index contributed by atoms with van der Waals surface area (Å²) in [6.45, 7) is 3.36. The molecule has 33 heavy (non-hydrogen) atoms. The maximum atomic E-state index is 12.1. The molecule has 3 rings (SSSR count). The fraction of sp³-hybridized carbons (Fsp3) is 0.136. The summed E-state index contributed by atoms with van der Waals surface area (Å²) in [7, 11) is 0. The van der Waals surface area contributed by atoms with Crippen LogP contribution in [0.15, 0.2) is 41.5 Å². The van der Waals surface area contributed by atoms with E-state index in [9.17, 15) is 14.7 Å². The largest absolute Gasteiger partial charge is 0.482 e. The van der Waals surface area contributed by atoms with Crippen LogP contribution < -0.4 is 10.2 Å². The second-order valence-corrected chi connectivity index (χ2v) is 8.54. The zero-order valence-corrected chi connectivity index (χ0v) is 20.4. The molecule has 0 spiro atoms. The Morgan fingerprint density at radius 2 is 1.82 bits per heavy atom. The lowest BCUT2D eigenvalue weighted by Gasteiger charge is -2.11. The summed E-state index contributed by atoms with van der Waals surface area (Å²) < 4.78 is 7.22. The van der Waals surface area contributed by atoms with E-state index >= 15 is 0 Å². The van der Waals surface area contributed by atoms with Crippen LogP contribution in [-0.2, 0) is 4.79 Å². The van der Waals surface area contributed by atoms with Crippen molar-refractivity contribution in [3.63, 3.8) is 0 Å². The van der Waals surface area contributed by atoms with Crippen LogP contribution in [0.5, 0.6) is 5.75 Å². The summed E-state index contributed by atoms with van der Waals surface area (Å²) >= 11 is 23.8. The first kappa shape index (κ1) is 24.9. The molecule has 0 saturated carbocycles. The molecule has 0 atom stereocenters. The minimum absolute atomic E-state index is 0.00485. The van der Waals surface area contributed by atoms with Crippen LogP contribution in [-0.4, -0.2) is 34.4 Å². The average molecular weight is 529 g/mol. The number of aromatic nitrogens is 1. The van der Waals surface area contributed by atoms with Gasteiger partial charge in [-0.2, -0.15) is 5.10 Å². The Bertz CT molecular complexity index is 1270. The van der Waals surface area contributed by atoms with Gasteiger partial charge in [-0.25, -0.2) is 10.2 Å². The van der Waals surface area contributed by atoms with Gasteiger partial charge in [0.2, 0.25) is 0 Å². The monoisotopic (exact) mass is 527 g/mol. The number of amides is 1. The topological polar surface area (TPSA) is 92.9 Å². The van der Waals surface area contributed by atoms with Crippen LogP contribution in [0.1, 0.15) is 27.3 Å². The molecule has 0 saturated heterocycles. The highest BCUT2D eigenvalue weighted by atomic mass is 35.5. The fourth-order valence-corrected chi connectivity index (χ4v) is 3.96. The lowest BCUT2D eigenvalue weighted by molar-refractivity contribution is -0.123. The van der Waals surface area contributed by atoms with E-state index in [4.69, 9.17) is 51.1 Å². The molecule has 0 aliphatic carbocycles. The van der Waals surface area contributed by atoms with Crippen molar-refractivity contribution in [2.75, 3.05) is 6.61 Å². The van der Waals surface area contributed by atoms with Gasteiger partial charge in [0.1, 0.15) is 10.8 Å². The third-order valence-corrected chi connectivity index (χ3v) is 5.95. The van der Waals surface area contributed by atoms with Crippen molar-refractivity contribution in [2.45, 2.75) is 13.8 Å². The van der Waals surface area contributed by atoms with Crippen LogP contribution >= 0.6 is 46.4 Å². The standard InChI is InChI=1S/C22H17Cl4N3O4/c1-11-5-13(12(2)29(11)15-3-4-17(24)16(8-15)22(31)32)9-27-28-20(30)10-33-19-7-14(23)6-18(25)21(19)26/h3-9H,10H2,1-2H3,(H,28,30)(H,31,32)/b27-9-. The number of nitrogens with one attached hydrogen (secondary N) is 1. The SMILES string of the molecule is Cc1cc(/C=N\NC(=O)COc2cc(Cl)cc(Cl)c2Cl)c(C)n1-c1ccc(Cl)c(C(=O)O)c1. The minimum atomic E-state index is -1.11. The van der Waals surface area contributed by atoms with E-state index in [0.29, 0.717) is 10.7 Å². The molecule has 0 unspecified atom stereocenters. The molecule has 0 aliphatic heterocycles. The molecule has 7 nitrogen and oxygen atoms in total. The quantitative estimate of drug-likeness (QED) is 0.225. The number of carbonyl (C=O) groups excluding carboxylic acids is 1. The van der Waals surface area contributed by atoms with E-state index in [0.717, 1.165) is 17.0 Å². The zero-order valence-electron chi connectivity index (χ0n) is 17.3. The van der Waals surface area contributed by atoms with E-state index in [2.05, 4.69) is 10.5 Å². The summed E-state index contributed by atoms with van der Waals surface area (Å²) in [4.78, 5) is 23.5. The van der Waals surface area contributed by atoms with Crippen LogP contribution in [0.25, 0.3) is 5.69 Å². The molecular formula is C22H17Cl4N3O4. The van der Waals surface area contributed by atoms with Crippen molar-refractivity contribution in [1.82, 2.24) is 9.99 Å². The van der Waals surface area contributed by atoms with Crippen molar-refractivity contribution in [1.29, 1.82) is 0 Å². The van der Waals surface area contributed by atoms with Crippen molar-refractivity contribution in [3.05, 3.63) is 79.0 Å². The number of aromatic carboxylic acids is 1. The molecule has 1 aromatic heterocycles. The number of rotatable bonds is 7. The minimum Gasteiger partial charge on any atom is -0.482 e. The smallest absolute Gasteiger partial charge is 0.337 e. The number of hydrazone groups is 1. The van der Waals surface area contributed by atoms with E-state index < -0.39 is 11.9 Å². The number of carbonyl (C=O) groups is 2. The molecule has 0 radical (unpaired) electrons. The lowest BCUT2D eigenvalue weighted by atomic mass is 10.2. The molecular weight excluding hydrogens is 512 g/mol. The molecule has 0 bridgehead atoms. The van der Waals surface area contributed by atoms with E-state index in [1.165, 1.54) is 30.5 Å². The Morgan fingerprint density at radius 3 is 2.52 bits per heavy atom. The molecule has 172 valence electrons. The summed E-state index contributed by atoms with van der Waals surface area (Å²) in [5.41, 5.74) is 5.38.